The molecule has 0 fully saturated rings. The topological polar surface area (TPSA) is 124 Å². The first-order valence-corrected chi connectivity index (χ1v) is 14.3. The third-order valence-electron chi connectivity index (χ3n) is 5.98. The maximum Gasteiger partial charge on any atom is 0.241 e. The van der Waals surface area contributed by atoms with E-state index in [1.54, 1.807) is 61.5 Å². The van der Waals surface area contributed by atoms with Gasteiger partial charge in [-0.2, -0.15) is 4.80 Å². The van der Waals surface area contributed by atoms with E-state index in [2.05, 4.69) is 20.1 Å². The Kier molecular flexibility index (Phi) is 9.24. The van der Waals surface area contributed by atoms with E-state index < -0.39 is 21.8 Å². The highest BCUT2D eigenvalue weighted by Crippen LogP contribution is 2.25. The van der Waals surface area contributed by atoms with Gasteiger partial charge in [-0.15, -0.1) is 10.2 Å². The van der Waals surface area contributed by atoms with Gasteiger partial charge in [-0.3, -0.25) is 9.59 Å². The maximum absolute atomic E-state index is 13.0. The second-order valence-electron chi connectivity index (χ2n) is 8.77. The number of ketones is 2. The largest absolute Gasteiger partial charge is 0.296 e. The fraction of sp³-hybridized carbons (Fsp3) is 0.222. The van der Waals surface area contributed by atoms with Crippen LogP contribution in [-0.4, -0.2) is 46.2 Å². The van der Waals surface area contributed by atoms with Crippen LogP contribution in [0.4, 0.5) is 0 Å². The lowest BCUT2D eigenvalue weighted by atomic mass is 10.0. The van der Waals surface area contributed by atoms with E-state index in [4.69, 9.17) is 23.2 Å². The molecule has 0 radical (unpaired) electrons. The zero-order chi connectivity index (χ0) is 28.0. The number of hydrogen-bond donors (Lipinski definition) is 1. The quantitative estimate of drug-likeness (QED) is 0.245. The lowest BCUT2D eigenvalue weighted by molar-refractivity contribution is -0.121. The van der Waals surface area contributed by atoms with Gasteiger partial charge < -0.3 is 0 Å². The zero-order valence-corrected chi connectivity index (χ0v) is 23.2. The van der Waals surface area contributed by atoms with Gasteiger partial charge in [0.15, 0.2) is 17.4 Å². The molecule has 0 spiro atoms. The average Bonchev–Trinajstić information content (AvgIpc) is 3.37. The molecule has 0 saturated carbocycles. The molecule has 0 bridgehead atoms. The molecule has 202 valence electrons. The Morgan fingerprint density at radius 3 is 2.26 bits per heavy atom. The van der Waals surface area contributed by atoms with Crippen LogP contribution >= 0.6 is 23.2 Å². The minimum Gasteiger partial charge on any atom is -0.296 e. The molecule has 3 aromatic carbocycles. The van der Waals surface area contributed by atoms with Gasteiger partial charge in [0.1, 0.15) is 6.54 Å². The molecule has 12 heteroatoms. The van der Waals surface area contributed by atoms with Crippen molar-refractivity contribution in [3.63, 3.8) is 0 Å². The molecule has 9 nitrogen and oxygen atoms in total. The summed E-state index contributed by atoms with van der Waals surface area (Å²) in [6, 6.07) is 19.0. The molecule has 39 heavy (non-hydrogen) atoms. The fourth-order valence-electron chi connectivity index (χ4n) is 3.85. The number of hydrogen-bond acceptors (Lipinski definition) is 7. The SMILES string of the molecule is CCC(NS(=O)(=O)c1ccc(CC(=O)c2ccccc2)cc1)C(=O)Cn1nnc(Cc2c(Cl)cccc2Cl)n1. The van der Waals surface area contributed by atoms with Crippen molar-refractivity contribution in [2.75, 3.05) is 0 Å². The highest BCUT2D eigenvalue weighted by atomic mass is 35.5. The zero-order valence-electron chi connectivity index (χ0n) is 20.9. The third-order valence-corrected chi connectivity index (χ3v) is 8.17. The van der Waals surface area contributed by atoms with Gasteiger partial charge in [-0.25, -0.2) is 13.1 Å². The molecule has 1 atom stereocenters. The van der Waals surface area contributed by atoms with Crippen LogP contribution in [0.15, 0.2) is 77.7 Å². The number of nitrogens with zero attached hydrogens (tertiary/aromatic N) is 4. The monoisotopic (exact) mass is 585 g/mol. The summed E-state index contributed by atoms with van der Waals surface area (Å²) in [6.07, 6.45) is 0.589. The standard InChI is InChI=1S/C27H25Cl2N5O4S/c1-2-24(26(36)17-34-31-27(30-33-34)16-21-22(28)9-6-10-23(21)29)32-39(37,38)20-13-11-18(12-14-20)15-25(35)19-7-4-3-5-8-19/h3-14,24,32H,2,15-17H2,1H3. The number of Topliss-reactive ketones (excluding diaryl/α,β-unsaturated/α-hetero) is 2. The maximum atomic E-state index is 13.0. The van der Waals surface area contributed by atoms with E-state index >= 15 is 0 Å². The van der Waals surface area contributed by atoms with Crippen LogP contribution in [-0.2, 0) is 34.2 Å². The van der Waals surface area contributed by atoms with Gasteiger partial charge in [-0.1, -0.05) is 78.7 Å². The van der Waals surface area contributed by atoms with Gasteiger partial charge in [0.2, 0.25) is 10.0 Å². The van der Waals surface area contributed by atoms with Crippen LogP contribution in [0, 0.1) is 0 Å². The Labute approximate surface area is 236 Å². The van der Waals surface area contributed by atoms with E-state index in [-0.39, 0.29) is 36.5 Å². The van der Waals surface area contributed by atoms with Gasteiger partial charge in [0.05, 0.1) is 10.9 Å². The molecule has 0 aliphatic heterocycles. The van der Waals surface area contributed by atoms with Gasteiger partial charge in [-0.05, 0) is 47.0 Å². The first-order valence-electron chi connectivity index (χ1n) is 12.1. The molecule has 1 aromatic heterocycles. The van der Waals surface area contributed by atoms with Gasteiger partial charge >= 0.3 is 0 Å². The normalized spacial score (nSPS) is 12.3. The number of rotatable bonds is 12. The van der Waals surface area contributed by atoms with E-state index in [1.165, 1.54) is 12.1 Å². The second-order valence-corrected chi connectivity index (χ2v) is 11.3. The Morgan fingerprint density at radius 2 is 1.62 bits per heavy atom. The Morgan fingerprint density at radius 1 is 0.949 bits per heavy atom. The summed E-state index contributed by atoms with van der Waals surface area (Å²) < 4.78 is 28.4. The van der Waals surface area contributed by atoms with Crippen LogP contribution in [0.2, 0.25) is 10.0 Å². The molecule has 0 amide bonds. The van der Waals surface area contributed by atoms with Gasteiger partial charge in [0, 0.05) is 28.5 Å². The van der Waals surface area contributed by atoms with Crippen molar-refractivity contribution in [1.29, 1.82) is 0 Å². The van der Waals surface area contributed by atoms with Crippen molar-refractivity contribution < 1.29 is 18.0 Å². The Balaban J connectivity index is 1.38. The Bertz CT molecular complexity index is 1560. The van der Waals surface area contributed by atoms with Crippen LogP contribution in [0.5, 0.6) is 0 Å². The van der Waals surface area contributed by atoms with E-state index in [9.17, 15) is 18.0 Å². The minimum absolute atomic E-state index is 0.0116. The van der Waals surface area contributed by atoms with Crippen LogP contribution in [0.3, 0.4) is 0 Å². The number of benzene rings is 3. The molecular weight excluding hydrogens is 561 g/mol. The van der Waals surface area contributed by atoms with Crippen molar-refractivity contribution in [3.05, 3.63) is 105 Å². The first kappa shape index (κ1) is 28.6. The second kappa shape index (κ2) is 12.6. The van der Waals surface area contributed by atoms with Crippen LogP contribution < -0.4 is 4.72 Å². The number of carbonyl (C=O) groups is 2. The lowest BCUT2D eigenvalue weighted by Gasteiger charge is -2.16. The van der Waals surface area contributed by atoms with E-state index in [0.717, 1.165) is 4.80 Å². The summed E-state index contributed by atoms with van der Waals surface area (Å²) in [5, 5.41) is 13.0. The van der Waals surface area contributed by atoms with Crippen molar-refractivity contribution in [2.45, 2.75) is 43.7 Å². The third kappa shape index (κ3) is 7.36. The molecule has 0 saturated heterocycles. The molecule has 4 aromatic rings. The molecule has 0 aliphatic carbocycles. The van der Waals surface area contributed by atoms with Crippen LogP contribution in [0.1, 0.15) is 40.7 Å². The van der Waals surface area contributed by atoms with Crippen molar-refractivity contribution in [1.82, 2.24) is 24.9 Å². The molecule has 1 N–H and O–H groups in total. The summed E-state index contributed by atoms with van der Waals surface area (Å²) >= 11 is 12.4. The van der Waals surface area contributed by atoms with Crippen molar-refractivity contribution in [2.24, 2.45) is 0 Å². The Hall–Kier alpha value is -3.44. The number of carbonyl (C=O) groups excluding carboxylic acids is 2. The summed E-state index contributed by atoms with van der Waals surface area (Å²) in [4.78, 5) is 26.4. The van der Waals surface area contributed by atoms with Crippen molar-refractivity contribution >= 4 is 44.8 Å². The van der Waals surface area contributed by atoms with Gasteiger partial charge in [0.25, 0.3) is 0 Å². The summed E-state index contributed by atoms with van der Waals surface area (Å²) in [5.41, 5.74) is 1.90. The number of halogens is 2. The highest BCUT2D eigenvalue weighted by Gasteiger charge is 2.25. The van der Waals surface area contributed by atoms with E-state index in [0.29, 0.717) is 32.6 Å². The predicted octanol–water partition coefficient (Wildman–Crippen LogP) is 4.32. The highest BCUT2D eigenvalue weighted by molar-refractivity contribution is 7.89. The first-order chi connectivity index (χ1) is 18.7. The van der Waals surface area contributed by atoms with E-state index in [1.807, 2.05) is 6.07 Å². The number of nitrogens with one attached hydrogen (secondary N) is 1. The molecule has 1 unspecified atom stereocenters. The number of aromatic nitrogens is 4. The number of sulfonamides is 1. The molecular formula is C27H25Cl2N5O4S. The predicted molar refractivity (Wildman–Crippen MR) is 147 cm³/mol. The summed E-state index contributed by atoms with van der Waals surface area (Å²) in [6.45, 7) is 1.42. The smallest absolute Gasteiger partial charge is 0.241 e. The summed E-state index contributed by atoms with van der Waals surface area (Å²) in [5.74, 6) is -0.177. The molecule has 1 heterocycles. The number of tetrazole rings is 1. The average molecular weight is 587 g/mol. The lowest BCUT2D eigenvalue weighted by Crippen LogP contribution is -2.42. The molecule has 0 aliphatic rings. The minimum atomic E-state index is -4.00. The van der Waals surface area contributed by atoms with Crippen molar-refractivity contribution in [3.8, 4) is 0 Å². The molecule has 4 rings (SSSR count). The summed E-state index contributed by atoms with van der Waals surface area (Å²) in [7, 11) is -4.00. The fourth-order valence-corrected chi connectivity index (χ4v) is 5.69. The van der Waals surface area contributed by atoms with Crippen LogP contribution in [0.25, 0.3) is 0 Å².